The number of ether oxygens (including phenoxy) is 5. The first kappa shape index (κ1) is 23.8. The minimum atomic E-state index is -0.993. The summed E-state index contributed by atoms with van der Waals surface area (Å²) in [5.41, 5.74) is -0.769. The molecule has 158 valence electrons. The smallest absolute Gasteiger partial charge is 0.329 e. The summed E-state index contributed by atoms with van der Waals surface area (Å²) in [5.74, 6) is -1.27. The fourth-order valence-electron chi connectivity index (χ4n) is 2.63. The van der Waals surface area contributed by atoms with Crippen molar-refractivity contribution < 1.29 is 38.4 Å². The maximum absolute atomic E-state index is 12.4. The van der Waals surface area contributed by atoms with Crippen LogP contribution in [0.1, 0.15) is 33.6 Å². The molecule has 0 unspecified atom stereocenters. The molecule has 0 radical (unpaired) electrons. The van der Waals surface area contributed by atoms with Crippen molar-refractivity contribution in [2.75, 3.05) is 52.9 Å². The topological polar surface area (TPSA) is 113 Å². The molecule has 1 rings (SSSR count). The van der Waals surface area contributed by atoms with Gasteiger partial charge in [0.1, 0.15) is 18.8 Å². The van der Waals surface area contributed by atoms with Gasteiger partial charge in [-0.25, -0.2) is 4.79 Å². The number of carboxylic acids is 1. The lowest BCUT2D eigenvalue weighted by Gasteiger charge is -2.36. The van der Waals surface area contributed by atoms with E-state index < -0.39 is 11.5 Å². The molecular weight excluding hydrogens is 358 g/mol. The summed E-state index contributed by atoms with van der Waals surface area (Å²) < 4.78 is 27.3. The van der Waals surface area contributed by atoms with Crippen LogP contribution in [0.2, 0.25) is 0 Å². The van der Waals surface area contributed by atoms with Gasteiger partial charge in [0.05, 0.1) is 32.0 Å². The molecule has 0 aromatic rings. The van der Waals surface area contributed by atoms with E-state index in [2.05, 4.69) is 5.32 Å². The molecule has 27 heavy (non-hydrogen) atoms. The average Bonchev–Trinajstić information content (AvgIpc) is 2.60. The van der Waals surface area contributed by atoms with Crippen LogP contribution in [0.4, 0.5) is 0 Å². The maximum atomic E-state index is 12.4. The van der Waals surface area contributed by atoms with Crippen molar-refractivity contribution in [1.82, 2.24) is 5.32 Å². The van der Waals surface area contributed by atoms with E-state index in [1.165, 1.54) is 0 Å². The number of amides is 1. The predicted molar refractivity (Wildman–Crippen MR) is 96.7 cm³/mol. The van der Waals surface area contributed by atoms with Crippen LogP contribution in [-0.2, 0) is 33.3 Å². The first-order valence-corrected chi connectivity index (χ1v) is 9.43. The number of carboxylic acid groups (broad SMARTS) is 1. The minimum absolute atomic E-state index is 0.0948. The summed E-state index contributed by atoms with van der Waals surface area (Å²) >= 11 is 0. The molecule has 1 aliphatic carbocycles. The summed E-state index contributed by atoms with van der Waals surface area (Å²) in [4.78, 5) is 22.8. The van der Waals surface area contributed by atoms with E-state index in [-0.39, 0.29) is 51.1 Å². The van der Waals surface area contributed by atoms with Crippen LogP contribution in [0.15, 0.2) is 0 Å². The summed E-state index contributed by atoms with van der Waals surface area (Å²) in [6, 6.07) is 0. The highest BCUT2D eigenvalue weighted by Crippen LogP contribution is 2.26. The Morgan fingerprint density at radius 1 is 0.889 bits per heavy atom. The van der Waals surface area contributed by atoms with Gasteiger partial charge in [-0.1, -0.05) is 0 Å². The van der Waals surface area contributed by atoms with E-state index in [1.54, 1.807) is 0 Å². The third-order valence-electron chi connectivity index (χ3n) is 4.10. The molecule has 1 fully saturated rings. The van der Waals surface area contributed by atoms with Gasteiger partial charge in [0.2, 0.25) is 5.91 Å². The Morgan fingerprint density at radius 2 is 1.33 bits per heavy atom. The quantitative estimate of drug-likeness (QED) is 0.393. The van der Waals surface area contributed by atoms with Crippen LogP contribution in [0.3, 0.4) is 0 Å². The second-order valence-electron chi connectivity index (χ2n) is 6.47. The van der Waals surface area contributed by atoms with Crippen molar-refractivity contribution in [3.63, 3.8) is 0 Å². The Kier molecular flexibility index (Phi) is 11.5. The molecule has 0 atom stereocenters. The van der Waals surface area contributed by atoms with Gasteiger partial charge in [-0.3, -0.25) is 4.79 Å². The predicted octanol–water partition coefficient (Wildman–Crippen LogP) is 0.600. The van der Waals surface area contributed by atoms with Crippen molar-refractivity contribution in [2.45, 2.75) is 51.4 Å². The van der Waals surface area contributed by atoms with Gasteiger partial charge >= 0.3 is 5.97 Å². The number of aliphatic carboxylic acids is 1. The largest absolute Gasteiger partial charge is 0.480 e. The number of carbonyl (C=O) groups is 2. The highest BCUT2D eigenvalue weighted by atomic mass is 16.5. The van der Waals surface area contributed by atoms with Gasteiger partial charge in [-0.05, 0) is 33.6 Å². The normalized spacial score (nSPS) is 19.5. The van der Waals surface area contributed by atoms with Crippen molar-refractivity contribution >= 4 is 11.9 Å². The summed E-state index contributed by atoms with van der Waals surface area (Å²) in [6.45, 7) is 7.65. The van der Waals surface area contributed by atoms with Crippen molar-refractivity contribution in [3.8, 4) is 0 Å². The first-order chi connectivity index (χ1) is 12.9. The van der Waals surface area contributed by atoms with Gasteiger partial charge in [-0.15, -0.1) is 0 Å². The fraction of sp³-hybridized carbons (Fsp3) is 0.889. The molecule has 1 aliphatic rings. The molecule has 1 saturated carbocycles. The zero-order valence-corrected chi connectivity index (χ0v) is 16.5. The molecule has 0 aliphatic heterocycles. The molecule has 1 amide bonds. The standard InChI is InChI=1S/C18H33NO8/c1-4-23-11-18(12-24-5-2,13-25-6-3)19-16(20)9-26-14-7-15(8-14)27-10-17(21)22/h14-15H,4-13H2,1-3H3,(H,19,20)(H,21,22). The zero-order valence-electron chi connectivity index (χ0n) is 16.5. The molecule has 0 spiro atoms. The molecule has 0 aromatic heterocycles. The lowest BCUT2D eigenvalue weighted by Crippen LogP contribution is -2.59. The van der Waals surface area contributed by atoms with Gasteiger partial charge < -0.3 is 34.1 Å². The number of hydrogen-bond acceptors (Lipinski definition) is 7. The third-order valence-corrected chi connectivity index (χ3v) is 4.10. The second kappa shape index (κ2) is 13.0. The first-order valence-electron chi connectivity index (χ1n) is 9.43. The highest BCUT2D eigenvalue weighted by Gasteiger charge is 2.35. The van der Waals surface area contributed by atoms with E-state index in [1.807, 2.05) is 20.8 Å². The van der Waals surface area contributed by atoms with E-state index in [0.717, 1.165) is 0 Å². The Labute approximate surface area is 160 Å². The lowest BCUT2D eigenvalue weighted by atomic mass is 9.92. The summed E-state index contributed by atoms with van der Waals surface area (Å²) in [5, 5.41) is 11.5. The maximum Gasteiger partial charge on any atom is 0.329 e. The van der Waals surface area contributed by atoms with Crippen molar-refractivity contribution in [2.24, 2.45) is 0 Å². The van der Waals surface area contributed by atoms with Crippen LogP contribution < -0.4 is 5.32 Å². The van der Waals surface area contributed by atoms with Gasteiger partial charge in [0.25, 0.3) is 0 Å². The summed E-state index contributed by atoms with van der Waals surface area (Å²) in [6.07, 6.45) is 0.946. The Bertz CT molecular complexity index is 417. The van der Waals surface area contributed by atoms with Gasteiger partial charge in [0, 0.05) is 19.8 Å². The molecular formula is C18H33NO8. The van der Waals surface area contributed by atoms with Gasteiger partial charge in [0.15, 0.2) is 0 Å². The zero-order chi connectivity index (χ0) is 20.1. The number of rotatable bonds is 16. The molecule has 2 N–H and O–H groups in total. The average molecular weight is 391 g/mol. The van der Waals surface area contributed by atoms with Crippen LogP contribution in [0.5, 0.6) is 0 Å². The van der Waals surface area contributed by atoms with Crippen LogP contribution in [0, 0.1) is 0 Å². The van der Waals surface area contributed by atoms with Crippen molar-refractivity contribution in [3.05, 3.63) is 0 Å². The Balaban J connectivity index is 2.44. The molecule has 9 nitrogen and oxygen atoms in total. The monoisotopic (exact) mass is 391 g/mol. The van der Waals surface area contributed by atoms with E-state index in [0.29, 0.717) is 32.7 Å². The van der Waals surface area contributed by atoms with Crippen LogP contribution >= 0.6 is 0 Å². The van der Waals surface area contributed by atoms with E-state index >= 15 is 0 Å². The molecule has 0 saturated heterocycles. The molecule has 0 aromatic carbocycles. The highest BCUT2D eigenvalue weighted by molar-refractivity contribution is 5.78. The third kappa shape index (κ3) is 9.48. The summed E-state index contributed by atoms with van der Waals surface area (Å²) in [7, 11) is 0. The van der Waals surface area contributed by atoms with E-state index in [4.69, 9.17) is 28.8 Å². The number of hydrogen-bond donors (Lipinski definition) is 2. The van der Waals surface area contributed by atoms with Crippen LogP contribution in [-0.4, -0.2) is 87.6 Å². The van der Waals surface area contributed by atoms with Crippen molar-refractivity contribution in [1.29, 1.82) is 0 Å². The number of nitrogens with one attached hydrogen (secondary N) is 1. The van der Waals surface area contributed by atoms with Gasteiger partial charge in [-0.2, -0.15) is 0 Å². The second-order valence-corrected chi connectivity index (χ2v) is 6.47. The molecule has 9 heteroatoms. The van der Waals surface area contributed by atoms with E-state index in [9.17, 15) is 9.59 Å². The molecule has 0 bridgehead atoms. The SMILES string of the molecule is CCOCC(COCC)(COCC)NC(=O)COC1CC(OCC(=O)O)C1. The Hall–Kier alpha value is -1.26. The fourth-order valence-corrected chi connectivity index (χ4v) is 2.63. The molecule has 0 heterocycles. The Morgan fingerprint density at radius 3 is 1.74 bits per heavy atom. The lowest BCUT2D eigenvalue weighted by molar-refractivity contribution is -0.154. The number of carbonyl (C=O) groups excluding carboxylic acids is 1. The minimum Gasteiger partial charge on any atom is -0.480 e. The van der Waals surface area contributed by atoms with Crippen LogP contribution in [0.25, 0.3) is 0 Å².